The molecule has 7 rings (SSSR count). The summed E-state index contributed by atoms with van der Waals surface area (Å²) in [6.07, 6.45) is 5.51. The van der Waals surface area contributed by atoms with Crippen molar-refractivity contribution in [2.45, 2.75) is 39.2 Å². The Morgan fingerprint density at radius 2 is 1.89 bits per heavy atom. The first-order valence-electron chi connectivity index (χ1n) is 14.9. The number of fused-ring (bicyclic) bond motifs is 2. The fourth-order valence-corrected chi connectivity index (χ4v) is 8.10. The van der Waals surface area contributed by atoms with Crippen LogP contribution in [0.25, 0.3) is 36.5 Å². The maximum absolute atomic E-state index is 13.0. The minimum atomic E-state index is 0.0584. The predicted molar refractivity (Wildman–Crippen MR) is 178 cm³/mol. The van der Waals surface area contributed by atoms with Crippen LogP contribution in [0.3, 0.4) is 0 Å². The van der Waals surface area contributed by atoms with Crippen LogP contribution in [0.15, 0.2) is 48.0 Å². The number of imidazole rings is 1. The first kappa shape index (κ1) is 29.8. The number of ether oxygens (including phenoxy) is 2. The van der Waals surface area contributed by atoms with Crippen molar-refractivity contribution in [2.75, 3.05) is 26.8 Å². The molecule has 13 heteroatoms. The molecule has 1 aliphatic rings. The molecule has 1 N–H and O–H groups in total. The number of hydrogen-bond donors (Lipinski definition) is 1. The summed E-state index contributed by atoms with van der Waals surface area (Å²) in [6.45, 7) is 4.07. The number of methoxy groups -OCH3 is 1. The fraction of sp³-hybridized carbons (Fsp3) is 0.344. The van der Waals surface area contributed by atoms with Gasteiger partial charge in [0.1, 0.15) is 38.8 Å². The lowest BCUT2D eigenvalue weighted by Crippen LogP contribution is -2.38. The van der Waals surface area contributed by atoms with E-state index in [-0.39, 0.29) is 12.5 Å². The molecule has 4 aromatic heterocycles. The van der Waals surface area contributed by atoms with E-state index in [1.54, 1.807) is 29.8 Å². The largest absolute Gasteiger partial charge is 0.497 e. The lowest BCUT2D eigenvalue weighted by atomic mass is 9.93. The summed E-state index contributed by atoms with van der Waals surface area (Å²) in [5.74, 6) is 1.91. The van der Waals surface area contributed by atoms with E-state index in [4.69, 9.17) is 24.4 Å². The monoisotopic (exact) mass is 660 g/mol. The van der Waals surface area contributed by atoms with Crippen LogP contribution in [0, 0.1) is 5.92 Å². The molecule has 6 aromatic rings. The van der Waals surface area contributed by atoms with E-state index in [9.17, 15) is 9.90 Å². The van der Waals surface area contributed by atoms with Gasteiger partial charge in [-0.15, -0.1) is 22.7 Å². The smallest absolute Gasteiger partial charge is 0.253 e. The highest BCUT2D eigenvalue weighted by Gasteiger charge is 2.23. The van der Waals surface area contributed by atoms with Crippen molar-refractivity contribution in [1.82, 2.24) is 29.5 Å². The number of aliphatic hydroxyl groups is 1. The molecule has 1 aliphatic heterocycles. The second-order valence-corrected chi connectivity index (χ2v) is 13.9. The summed E-state index contributed by atoms with van der Waals surface area (Å²) in [7, 11) is 1.63. The van der Waals surface area contributed by atoms with Gasteiger partial charge in [-0.25, -0.2) is 19.5 Å². The number of amides is 1. The lowest BCUT2D eigenvalue weighted by molar-refractivity contribution is 0.0678. The molecule has 2 aromatic carbocycles. The number of carbonyl (C=O) groups is 1. The maximum Gasteiger partial charge on any atom is 0.253 e. The van der Waals surface area contributed by atoms with Gasteiger partial charge in [-0.1, -0.05) is 30.4 Å². The van der Waals surface area contributed by atoms with Crippen LogP contribution < -0.4 is 9.47 Å². The minimum absolute atomic E-state index is 0.0584. The zero-order chi connectivity index (χ0) is 30.9. The van der Waals surface area contributed by atoms with Gasteiger partial charge in [0.2, 0.25) is 4.96 Å². The Hall–Kier alpha value is -3.91. The van der Waals surface area contributed by atoms with Gasteiger partial charge in [-0.3, -0.25) is 4.79 Å². The second kappa shape index (κ2) is 12.8. The van der Waals surface area contributed by atoms with E-state index in [1.807, 2.05) is 57.4 Å². The number of hydrogen-bond acceptors (Lipinski definition) is 11. The van der Waals surface area contributed by atoms with Crippen LogP contribution in [-0.4, -0.2) is 67.3 Å². The fourth-order valence-electron chi connectivity index (χ4n) is 5.50. The molecule has 232 valence electrons. The molecule has 0 atom stereocenters. The molecule has 0 unspecified atom stereocenters. The highest BCUT2D eigenvalue weighted by Crippen LogP contribution is 2.39. The molecule has 10 nitrogen and oxygen atoms in total. The van der Waals surface area contributed by atoms with Crippen LogP contribution in [0.2, 0.25) is 0 Å². The van der Waals surface area contributed by atoms with Gasteiger partial charge in [-0.2, -0.15) is 5.10 Å². The van der Waals surface area contributed by atoms with E-state index in [2.05, 4.69) is 12.0 Å². The SMILES string of the molecule is CCc1nn2cc(-c3nc4cc(OC)cc(OCc5csc(-c6ccc(C(=O)N7CCC(CCO)CC7)cc6)n5)c4s3)nc2s1. The summed E-state index contributed by atoms with van der Waals surface area (Å²) >= 11 is 4.66. The Kier molecular flexibility index (Phi) is 8.49. The number of likely N-dealkylation sites (tertiary alicyclic amines) is 1. The predicted octanol–water partition coefficient (Wildman–Crippen LogP) is 6.58. The van der Waals surface area contributed by atoms with Crippen molar-refractivity contribution >= 4 is 55.1 Å². The molecule has 45 heavy (non-hydrogen) atoms. The van der Waals surface area contributed by atoms with Crippen LogP contribution >= 0.6 is 34.0 Å². The first-order chi connectivity index (χ1) is 22.0. The average molecular weight is 661 g/mol. The number of aryl methyl sites for hydroxylation is 1. The van der Waals surface area contributed by atoms with Crippen molar-refractivity contribution in [2.24, 2.45) is 5.92 Å². The zero-order valence-electron chi connectivity index (χ0n) is 24.9. The summed E-state index contributed by atoms with van der Waals surface area (Å²) in [5, 5.41) is 18.5. The third-order valence-electron chi connectivity index (χ3n) is 8.02. The van der Waals surface area contributed by atoms with Crippen LogP contribution in [0.5, 0.6) is 11.5 Å². The van der Waals surface area contributed by atoms with Crippen molar-refractivity contribution in [3.05, 3.63) is 64.2 Å². The van der Waals surface area contributed by atoms with E-state index in [0.29, 0.717) is 29.6 Å². The van der Waals surface area contributed by atoms with Crippen molar-refractivity contribution in [1.29, 1.82) is 0 Å². The normalized spacial score (nSPS) is 14.1. The molecule has 0 aliphatic carbocycles. The highest BCUT2D eigenvalue weighted by atomic mass is 32.1. The topological polar surface area (TPSA) is 115 Å². The molecule has 5 heterocycles. The Morgan fingerprint density at radius 1 is 1.07 bits per heavy atom. The molecular formula is C32H32N6O4S3. The summed E-state index contributed by atoms with van der Waals surface area (Å²) < 4.78 is 14.6. The summed E-state index contributed by atoms with van der Waals surface area (Å²) in [6, 6.07) is 11.5. The van der Waals surface area contributed by atoms with Crippen LogP contribution in [0.1, 0.15) is 47.2 Å². The van der Waals surface area contributed by atoms with Crippen molar-refractivity contribution in [3.63, 3.8) is 0 Å². The lowest BCUT2D eigenvalue weighted by Gasteiger charge is -2.31. The number of nitrogens with zero attached hydrogens (tertiary/aromatic N) is 6. The molecule has 1 amide bonds. The summed E-state index contributed by atoms with van der Waals surface area (Å²) in [5.41, 5.74) is 4.02. The quantitative estimate of drug-likeness (QED) is 0.175. The van der Waals surface area contributed by atoms with Gasteiger partial charge in [0.25, 0.3) is 5.91 Å². The Labute approximate surface area is 271 Å². The molecule has 1 saturated heterocycles. The van der Waals surface area contributed by atoms with E-state index in [1.165, 1.54) is 11.3 Å². The third-order valence-corrected chi connectivity index (χ3v) is 11.1. The number of piperidine rings is 1. The third kappa shape index (κ3) is 6.17. The molecular weight excluding hydrogens is 629 g/mol. The zero-order valence-corrected chi connectivity index (χ0v) is 27.4. The number of rotatable bonds is 10. The standard InChI is InChI=1S/C32H32N6O4S3/c1-3-27-36-38-16-25(35-32(38)44-27)30-34-24-14-23(41-2)15-26(28(24)45-30)42-17-22-18-43-29(33-22)20-4-6-21(7-5-20)31(40)37-11-8-19(9-12-37)10-13-39/h4-7,14-16,18-19,39H,3,8-13,17H2,1-2H3. The van der Waals surface area contributed by atoms with Gasteiger partial charge >= 0.3 is 0 Å². The molecule has 0 saturated carbocycles. The number of thiazole rings is 2. The molecule has 1 fully saturated rings. The number of aromatic nitrogens is 5. The van der Waals surface area contributed by atoms with Gasteiger partial charge in [0, 0.05) is 48.3 Å². The van der Waals surface area contributed by atoms with Gasteiger partial charge in [0.05, 0.1) is 29.2 Å². The number of benzene rings is 2. The van der Waals surface area contributed by atoms with E-state index < -0.39 is 0 Å². The Balaban J connectivity index is 1.04. The van der Waals surface area contributed by atoms with Crippen molar-refractivity contribution in [3.8, 4) is 32.8 Å². The summed E-state index contributed by atoms with van der Waals surface area (Å²) in [4.78, 5) is 30.2. The first-order valence-corrected chi connectivity index (χ1v) is 17.4. The average Bonchev–Trinajstić information content (AvgIpc) is 3.87. The highest BCUT2D eigenvalue weighted by molar-refractivity contribution is 7.22. The number of aliphatic hydroxyl groups excluding tert-OH is 1. The maximum atomic E-state index is 13.0. The van der Waals surface area contributed by atoms with Gasteiger partial charge < -0.3 is 19.5 Å². The Bertz CT molecular complexity index is 1920. The molecule has 0 spiro atoms. The van der Waals surface area contributed by atoms with Crippen molar-refractivity contribution < 1.29 is 19.4 Å². The molecule has 0 radical (unpaired) electrons. The number of carbonyl (C=O) groups excluding carboxylic acids is 1. The molecule has 0 bridgehead atoms. The second-order valence-electron chi connectivity index (χ2n) is 11.0. The van der Waals surface area contributed by atoms with Gasteiger partial charge in [-0.05, 0) is 43.7 Å². The van der Waals surface area contributed by atoms with Crippen LogP contribution in [0.4, 0.5) is 0 Å². The van der Waals surface area contributed by atoms with Crippen LogP contribution in [-0.2, 0) is 13.0 Å². The van der Waals surface area contributed by atoms with E-state index in [0.717, 1.165) is 85.9 Å². The van der Waals surface area contributed by atoms with Gasteiger partial charge in [0.15, 0.2) is 0 Å². The Morgan fingerprint density at radius 3 is 2.62 bits per heavy atom. The van der Waals surface area contributed by atoms with E-state index >= 15 is 0 Å². The minimum Gasteiger partial charge on any atom is -0.497 e.